The van der Waals surface area contributed by atoms with Gasteiger partial charge >= 0.3 is 0 Å². The van der Waals surface area contributed by atoms with Crippen molar-refractivity contribution in [2.45, 2.75) is 37.6 Å². The van der Waals surface area contributed by atoms with Gasteiger partial charge in [0.05, 0.1) is 16.6 Å². The third-order valence-corrected chi connectivity index (χ3v) is 6.22. The van der Waals surface area contributed by atoms with Gasteiger partial charge in [-0.25, -0.2) is 8.42 Å². The molecule has 116 valence electrons. The van der Waals surface area contributed by atoms with Gasteiger partial charge in [-0.2, -0.15) is 4.31 Å². The molecule has 0 spiro atoms. The van der Waals surface area contributed by atoms with Crippen LogP contribution in [0.5, 0.6) is 0 Å². The van der Waals surface area contributed by atoms with Gasteiger partial charge in [0.2, 0.25) is 10.0 Å². The highest BCUT2D eigenvalue weighted by atomic mass is 32.2. The first-order valence-corrected chi connectivity index (χ1v) is 8.94. The summed E-state index contributed by atoms with van der Waals surface area (Å²) in [5.74, 6) is 0. The minimum atomic E-state index is -3.48. The summed E-state index contributed by atoms with van der Waals surface area (Å²) in [5.41, 5.74) is 2.92. The third kappa shape index (κ3) is 2.66. The smallest absolute Gasteiger partial charge is 0.243 e. The minimum Gasteiger partial charge on any atom is -0.260 e. The Balaban J connectivity index is 1.99. The van der Waals surface area contributed by atoms with Crippen LogP contribution in [-0.4, -0.2) is 24.3 Å². The lowest BCUT2D eigenvalue weighted by Crippen LogP contribution is -2.31. The van der Waals surface area contributed by atoms with Crippen molar-refractivity contribution in [2.75, 3.05) is 6.54 Å². The van der Waals surface area contributed by atoms with Gasteiger partial charge < -0.3 is 0 Å². The van der Waals surface area contributed by atoms with E-state index in [0.717, 1.165) is 29.7 Å². The van der Waals surface area contributed by atoms with Crippen LogP contribution >= 0.6 is 0 Å². The van der Waals surface area contributed by atoms with Gasteiger partial charge in [0.15, 0.2) is 0 Å². The van der Waals surface area contributed by atoms with Crippen molar-refractivity contribution in [2.24, 2.45) is 0 Å². The molecular weight excluding hydrogens is 296 g/mol. The van der Waals surface area contributed by atoms with E-state index in [0.29, 0.717) is 11.4 Å². The number of hydrogen-bond donors (Lipinski definition) is 0. The SMILES string of the molecule is Cc1ccc(S(=O)(=O)N2CCCC2c2ccccn2)cc1C. The Kier molecular flexibility index (Phi) is 4.02. The fraction of sp³-hybridized carbons (Fsp3) is 0.353. The second kappa shape index (κ2) is 5.82. The van der Waals surface area contributed by atoms with E-state index in [-0.39, 0.29) is 6.04 Å². The number of benzene rings is 1. The van der Waals surface area contributed by atoms with Gasteiger partial charge in [-0.1, -0.05) is 12.1 Å². The molecule has 1 aliphatic heterocycles. The molecule has 0 amide bonds. The number of aromatic nitrogens is 1. The predicted molar refractivity (Wildman–Crippen MR) is 86.0 cm³/mol. The normalized spacial score (nSPS) is 19.5. The lowest BCUT2D eigenvalue weighted by Gasteiger charge is -2.24. The van der Waals surface area contributed by atoms with Crippen LogP contribution in [0.4, 0.5) is 0 Å². The monoisotopic (exact) mass is 316 g/mol. The maximum atomic E-state index is 13.0. The highest BCUT2D eigenvalue weighted by Crippen LogP contribution is 2.35. The van der Waals surface area contributed by atoms with Crippen molar-refractivity contribution in [3.63, 3.8) is 0 Å². The van der Waals surface area contributed by atoms with E-state index < -0.39 is 10.0 Å². The molecule has 5 heteroatoms. The van der Waals surface area contributed by atoms with E-state index in [2.05, 4.69) is 4.98 Å². The van der Waals surface area contributed by atoms with Crippen molar-refractivity contribution < 1.29 is 8.42 Å². The van der Waals surface area contributed by atoms with Crippen LogP contribution in [-0.2, 0) is 10.0 Å². The molecule has 1 aromatic carbocycles. The maximum Gasteiger partial charge on any atom is 0.243 e. The fourth-order valence-corrected chi connectivity index (χ4v) is 4.66. The number of hydrogen-bond acceptors (Lipinski definition) is 3. The van der Waals surface area contributed by atoms with Crippen molar-refractivity contribution in [1.29, 1.82) is 0 Å². The van der Waals surface area contributed by atoms with Gasteiger partial charge in [-0.3, -0.25) is 4.98 Å². The molecule has 0 aliphatic carbocycles. The summed E-state index contributed by atoms with van der Waals surface area (Å²) in [6.07, 6.45) is 3.40. The molecule has 3 rings (SSSR count). The lowest BCUT2D eigenvalue weighted by atomic mass is 10.1. The molecule has 1 unspecified atom stereocenters. The Labute approximate surface area is 131 Å². The molecule has 1 atom stereocenters. The van der Waals surface area contributed by atoms with Crippen LogP contribution in [0.25, 0.3) is 0 Å². The summed E-state index contributed by atoms with van der Waals surface area (Å²) in [4.78, 5) is 4.72. The number of nitrogens with zero attached hydrogens (tertiary/aromatic N) is 2. The van der Waals surface area contributed by atoms with E-state index in [1.165, 1.54) is 0 Å². The van der Waals surface area contributed by atoms with Crippen LogP contribution in [0.1, 0.15) is 35.7 Å². The second-order valence-electron chi connectivity index (χ2n) is 5.77. The molecule has 0 radical (unpaired) electrons. The highest BCUT2D eigenvalue weighted by Gasteiger charge is 2.36. The maximum absolute atomic E-state index is 13.0. The van der Waals surface area contributed by atoms with Crippen molar-refractivity contribution >= 4 is 10.0 Å². The average molecular weight is 316 g/mol. The van der Waals surface area contributed by atoms with Gasteiger partial charge in [0.25, 0.3) is 0 Å². The Morgan fingerprint density at radius 2 is 1.95 bits per heavy atom. The number of aryl methyl sites for hydroxylation is 2. The Morgan fingerprint density at radius 1 is 1.14 bits per heavy atom. The molecule has 1 aromatic heterocycles. The quantitative estimate of drug-likeness (QED) is 0.873. The first-order valence-electron chi connectivity index (χ1n) is 7.50. The molecule has 22 heavy (non-hydrogen) atoms. The number of pyridine rings is 1. The summed E-state index contributed by atoms with van der Waals surface area (Å²) in [6, 6.07) is 10.8. The van der Waals surface area contributed by atoms with Crippen LogP contribution < -0.4 is 0 Å². The minimum absolute atomic E-state index is 0.159. The summed E-state index contributed by atoms with van der Waals surface area (Å²) in [6.45, 7) is 4.48. The summed E-state index contributed by atoms with van der Waals surface area (Å²) in [5, 5.41) is 0. The van der Waals surface area contributed by atoms with Gasteiger partial charge in [0.1, 0.15) is 0 Å². The standard InChI is InChI=1S/C17H20N2O2S/c1-13-8-9-15(12-14(13)2)22(20,21)19-11-5-7-17(19)16-6-3-4-10-18-16/h3-4,6,8-10,12,17H,5,7,11H2,1-2H3. The summed E-state index contributed by atoms with van der Waals surface area (Å²) < 4.78 is 27.6. The van der Waals surface area contributed by atoms with Crippen LogP contribution in [0.15, 0.2) is 47.5 Å². The molecule has 1 fully saturated rings. The molecule has 1 saturated heterocycles. The van der Waals surface area contributed by atoms with Crippen LogP contribution in [0, 0.1) is 13.8 Å². The topological polar surface area (TPSA) is 50.3 Å². The number of rotatable bonds is 3. The molecule has 0 bridgehead atoms. The van der Waals surface area contributed by atoms with Gasteiger partial charge in [-0.15, -0.1) is 0 Å². The first-order chi connectivity index (χ1) is 10.5. The molecule has 1 aliphatic rings. The zero-order valence-electron chi connectivity index (χ0n) is 12.9. The highest BCUT2D eigenvalue weighted by molar-refractivity contribution is 7.89. The van der Waals surface area contributed by atoms with E-state index >= 15 is 0 Å². The van der Waals surface area contributed by atoms with E-state index in [9.17, 15) is 8.42 Å². The predicted octanol–water partition coefficient (Wildman–Crippen LogP) is 3.22. The van der Waals surface area contributed by atoms with Gasteiger partial charge in [-0.05, 0) is 62.1 Å². The lowest BCUT2D eigenvalue weighted by molar-refractivity contribution is 0.390. The summed E-state index contributed by atoms with van der Waals surface area (Å²) >= 11 is 0. The van der Waals surface area contributed by atoms with Gasteiger partial charge in [0, 0.05) is 12.7 Å². The van der Waals surface area contributed by atoms with Crippen molar-refractivity contribution in [1.82, 2.24) is 9.29 Å². The third-order valence-electron chi connectivity index (χ3n) is 4.32. The van der Waals surface area contributed by atoms with E-state index in [1.54, 1.807) is 22.6 Å². The molecule has 4 nitrogen and oxygen atoms in total. The fourth-order valence-electron chi connectivity index (χ4n) is 2.91. The Morgan fingerprint density at radius 3 is 2.64 bits per heavy atom. The largest absolute Gasteiger partial charge is 0.260 e. The Bertz CT molecular complexity index is 773. The molecule has 0 saturated carbocycles. The Hall–Kier alpha value is -1.72. The molecule has 0 N–H and O–H groups in total. The second-order valence-corrected chi connectivity index (χ2v) is 7.67. The average Bonchev–Trinajstić information content (AvgIpc) is 3.01. The zero-order valence-corrected chi connectivity index (χ0v) is 13.7. The van der Waals surface area contributed by atoms with Crippen molar-refractivity contribution in [3.8, 4) is 0 Å². The van der Waals surface area contributed by atoms with Crippen LogP contribution in [0.3, 0.4) is 0 Å². The van der Waals surface area contributed by atoms with Crippen molar-refractivity contribution in [3.05, 3.63) is 59.4 Å². The molecular formula is C17H20N2O2S. The molecule has 2 aromatic rings. The summed E-state index contributed by atoms with van der Waals surface area (Å²) in [7, 11) is -3.48. The van der Waals surface area contributed by atoms with E-state index in [1.807, 2.05) is 38.1 Å². The molecule has 2 heterocycles. The number of sulfonamides is 1. The zero-order chi connectivity index (χ0) is 15.7. The van der Waals surface area contributed by atoms with E-state index in [4.69, 9.17) is 0 Å². The van der Waals surface area contributed by atoms with Crippen LogP contribution in [0.2, 0.25) is 0 Å². The first kappa shape index (κ1) is 15.2.